The Hall–Kier alpha value is -2.73. The molecule has 0 bridgehead atoms. The van der Waals surface area contributed by atoms with Crippen LogP contribution in [-0.4, -0.2) is 21.5 Å². The molecule has 2 aromatic rings. The largest absolute Gasteiger partial charge is 0.346 e. The van der Waals surface area contributed by atoms with Crippen LogP contribution in [0, 0.1) is 13.8 Å². The Labute approximate surface area is 182 Å². The van der Waals surface area contributed by atoms with Crippen LogP contribution in [0.3, 0.4) is 0 Å². The standard InChI is InChI=1S/C24H27N3O2S/c1-4-17-9-5-8-12-21(17)27-23(29)20(22(28)25-24(27)30)14-18-13-15(2)26(16(18)3)19-10-6-7-11-19/h5,8-9,12-14,19H,4,6-7,10-11H2,1-3H3,(H,25,28,30). The van der Waals surface area contributed by atoms with Crippen LogP contribution in [0.5, 0.6) is 0 Å². The van der Waals surface area contributed by atoms with Gasteiger partial charge < -0.3 is 4.57 Å². The molecule has 2 amide bonds. The fourth-order valence-electron chi connectivity index (χ4n) is 4.73. The molecular formula is C24H27N3O2S. The van der Waals surface area contributed by atoms with Crippen LogP contribution in [0.15, 0.2) is 35.9 Å². The van der Waals surface area contributed by atoms with Gasteiger partial charge in [0.2, 0.25) is 0 Å². The van der Waals surface area contributed by atoms with Gasteiger partial charge in [0.15, 0.2) is 5.11 Å². The number of hydrogen-bond donors (Lipinski definition) is 1. The molecule has 1 aliphatic carbocycles. The number of carbonyl (C=O) groups is 2. The van der Waals surface area contributed by atoms with Gasteiger partial charge in [-0.3, -0.25) is 19.8 Å². The number of para-hydroxylation sites is 1. The molecule has 1 saturated heterocycles. The zero-order valence-corrected chi connectivity index (χ0v) is 18.5. The number of nitrogens with one attached hydrogen (secondary N) is 1. The van der Waals surface area contributed by atoms with Crippen molar-refractivity contribution in [3.63, 3.8) is 0 Å². The maximum Gasteiger partial charge on any atom is 0.270 e. The van der Waals surface area contributed by atoms with E-state index >= 15 is 0 Å². The smallest absolute Gasteiger partial charge is 0.270 e. The minimum absolute atomic E-state index is 0.112. The highest BCUT2D eigenvalue weighted by molar-refractivity contribution is 7.80. The Morgan fingerprint density at radius 2 is 1.87 bits per heavy atom. The molecule has 1 saturated carbocycles. The summed E-state index contributed by atoms with van der Waals surface area (Å²) in [4.78, 5) is 27.5. The molecule has 6 heteroatoms. The summed E-state index contributed by atoms with van der Waals surface area (Å²) < 4.78 is 2.36. The molecule has 5 nitrogen and oxygen atoms in total. The number of amides is 2. The first-order valence-corrected chi connectivity index (χ1v) is 11.0. The predicted molar refractivity (Wildman–Crippen MR) is 123 cm³/mol. The number of nitrogens with zero attached hydrogens (tertiary/aromatic N) is 2. The summed E-state index contributed by atoms with van der Waals surface area (Å²) in [6.45, 7) is 6.19. The highest BCUT2D eigenvalue weighted by atomic mass is 32.1. The first kappa shape index (κ1) is 20.5. The third-order valence-corrected chi connectivity index (χ3v) is 6.51. The summed E-state index contributed by atoms with van der Waals surface area (Å²) in [5.74, 6) is -0.823. The third-order valence-electron chi connectivity index (χ3n) is 6.23. The van der Waals surface area contributed by atoms with Crippen molar-refractivity contribution in [2.24, 2.45) is 0 Å². The molecule has 0 unspecified atom stereocenters. The second-order valence-corrected chi connectivity index (χ2v) is 8.46. The SMILES string of the molecule is CCc1ccccc1N1C(=O)C(=Cc2cc(C)n(C3CCCC3)c2C)C(=O)NC1=S. The van der Waals surface area contributed by atoms with Gasteiger partial charge in [0.1, 0.15) is 5.57 Å². The number of hydrogen-bond acceptors (Lipinski definition) is 3. The zero-order chi connectivity index (χ0) is 21.4. The number of benzene rings is 1. The molecule has 30 heavy (non-hydrogen) atoms. The van der Waals surface area contributed by atoms with Gasteiger partial charge in [0.05, 0.1) is 5.69 Å². The normalized spacial score (nSPS) is 19.1. The molecule has 1 aliphatic heterocycles. The van der Waals surface area contributed by atoms with E-state index in [-0.39, 0.29) is 16.6 Å². The molecule has 1 N–H and O–H groups in total. The van der Waals surface area contributed by atoms with Crippen molar-refractivity contribution < 1.29 is 9.59 Å². The fourth-order valence-corrected chi connectivity index (χ4v) is 5.01. The van der Waals surface area contributed by atoms with Crippen molar-refractivity contribution in [2.75, 3.05) is 4.90 Å². The van der Waals surface area contributed by atoms with Gasteiger partial charge in [-0.25, -0.2) is 0 Å². The Balaban J connectivity index is 1.74. The molecule has 4 rings (SSSR count). The van der Waals surface area contributed by atoms with E-state index in [9.17, 15) is 9.59 Å². The number of rotatable bonds is 4. The van der Waals surface area contributed by atoms with Crippen LogP contribution in [-0.2, 0) is 16.0 Å². The lowest BCUT2D eigenvalue weighted by molar-refractivity contribution is -0.122. The van der Waals surface area contributed by atoms with Crippen LogP contribution < -0.4 is 10.2 Å². The van der Waals surface area contributed by atoms with Crippen LogP contribution in [0.4, 0.5) is 5.69 Å². The van der Waals surface area contributed by atoms with E-state index < -0.39 is 5.91 Å². The van der Waals surface area contributed by atoms with Crippen molar-refractivity contribution >= 4 is 40.9 Å². The molecule has 2 fully saturated rings. The maximum atomic E-state index is 13.4. The number of anilines is 1. The van der Waals surface area contributed by atoms with Crippen molar-refractivity contribution in [3.05, 3.63) is 58.4 Å². The number of carbonyl (C=O) groups excluding carboxylic acids is 2. The molecule has 0 atom stereocenters. The van der Waals surface area contributed by atoms with Gasteiger partial charge >= 0.3 is 0 Å². The minimum atomic E-state index is -0.444. The molecule has 1 aromatic heterocycles. The Morgan fingerprint density at radius 1 is 1.17 bits per heavy atom. The van der Waals surface area contributed by atoms with Gasteiger partial charge in [-0.2, -0.15) is 0 Å². The average molecular weight is 422 g/mol. The second-order valence-electron chi connectivity index (χ2n) is 8.07. The maximum absolute atomic E-state index is 13.4. The molecular weight excluding hydrogens is 394 g/mol. The number of aryl methyl sites for hydroxylation is 2. The fraction of sp³-hybridized carbons (Fsp3) is 0.375. The minimum Gasteiger partial charge on any atom is -0.346 e. The van der Waals surface area contributed by atoms with E-state index in [0.29, 0.717) is 6.04 Å². The Morgan fingerprint density at radius 3 is 2.57 bits per heavy atom. The quantitative estimate of drug-likeness (QED) is 0.445. The summed E-state index contributed by atoms with van der Waals surface area (Å²) in [6, 6.07) is 10.2. The predicted octanol–water partition coefficient (Wildman–Crippen LogP) is 4.61. The average Bonchev–Trinajstić information content (AvgIpc) is 3.33. The van der Waals surface area contributed by atoms with Crippen molar-refractivity contribution in [3.8, 4) is 0 Å². The third kappa shape index (κ3) is 3.49. The van der Waals surface area contributed by atoms with Crippen LogP contribution in [0.2, 0.25) is 0 Å². The highest BCUT2D eigenvalue weighted by Gasteiger charge is 2.35. The molecule has 1 aromatic carbocycles. The first-order chi connectivity index (χ1) is 14.4. The van der Waals surface area contributed by atoms with Crippen LogP contribution in [0.25, 0.3) is 6.08 Å². The summed E-state index contributed by atoms with van der Waals surface area (Å²) in [6.07, 6.45) is 7.35. The molecule has 156 valence electrons. The molecule has 2 aliphatic rings. The summed E-state index contributed by atoms with van der Waals surface area (Å²) in [5.41, 5.74) is 5.01. The van der Waals surface area contributed by atoms with E-state index in [1.165, 1.54) is 36.3 Å². The number of aromatic nitrogens is 1. The second kappa shape index (κ2) is 8.19. The molecule has 0 spiro atoms. The topological polar surface area (TPSA) is 54.3 Å². The van der Waals surface area contributed by atoms with Crippen molar-refractivity contribution in [2.45, 2.75) is 58.9 Å². The van der Waals surface area contributed by atoms with E-state index in [1.807, 2.05) is 31.2 Å². The monoisotopic (exact) mass is 421 g/mol. The van der Waals surface area contributed by atoms with Gasteiger partial charge in [-0.1, -0.05) is 38.0 Å². The van der Waals surface area contributed by atoms with E-state index in [1.54, 1.807) is 6.08 Å². The zero-order valence-electron chi connectivity index (χ0n) is 17.7. The molecule has 0 radical (unpaired) electrons. The summed E-state index contributed by atoms with van der Waals surface area (Å²) in [5, 5.41) is 2.82. The van der Waals surface area contributed by atoms with E-state index in [0.717, 1.165) is 28.9 Å². The summed E-state index contributed by atoms with van der Waals surface area (Å²) in [7, 11) is 0. The van der Waals surface area contributed by atoms with Gasteiger partial charge in [-0.05, 0) is 74.7 Å². The first-order valence-electron chi connectivity index (χ1n) is 10.6. The lowest BCUT2D eigenvalue weighted by Crippen LogP contribution is -2.54. The lowest BCUT2D eigenvalue weighted by atomic mass is 10.0. The van der Waals surface area contributed by atoms with Gasteiger partial charge in [0, 0.05) is 17.4 Å². The van der Waals surface area contributed by atoms with Crippen molar-refractivity contribution in [1.82, 2.24) is 9.88 Å². The van der Waals surface area contributed by atoms with E-state index in [2.05, 4.69) is 29.8 Å². The molecule has 2 heterocycles. The Kier molecular flexibility index (Phi) is 5.60. The van der Waals surface area contributed by atoms with Crippen LogP contribution in [0.1, 0.15) is 61.2 Å². The number of thiocarbonyl (C=S) groups is 1. The van der Waals surface area contributed by atoms with Crippen LogP contribution >= 0.6 is 12.2 Å². The summed E-state index contributed by atoms with van der Waals surface area (Å²) >= 11 is 5.35. The highest BCUT2D eigenvalue weighted by Crippen LogP contribution is 2.34. The lowest BCUT2D eigenvalue weighted by Gasteiger charge is -2.30. The van der Waals surface area contributed by atoms with E-state index in [4.69, 9.17) is 12.2 Å². The Bertz CT molecular complexity index is 1060. The van der Waals surface area contributed by atoms with Crippen molar-refractivity contribution in [1.29, 1.82) is 0 Å². The van der Waals surface area contributed by atoms with Gasteiger partial charge in [-0.15, -0.1) is 0 Å². The van der Waals surface area contributed by atoms with Gasteiger partial charge in [0.25, 0.3) is 11.8 Å².